The molecule has 0 aliphatic carbocycles. The van der Waals surface area contributed by atoms with Crippen LogP contribution in [-0.4, -0.2) is 36.5 Å². The number of urea groups is 1. The number of halogens is 2. The lowest BCUT2D eigenvalue weighted by Gasteiger charge is -2.37. The number of amides is 3. The molecule has 2 atom stereocenters. The predicted octanol–water partition coefficient (Wildman–Crippen LogP) is 3.72. The number of carbonyl (C=O) groups excluding carboxylic acids is 2. The second kappa shape index (κ2) is 9.69. The zero-order chi connectivity index (χ0) is 21.7. The Balaban J connectivity index is 1.76. The van der Waals surface area contributed by atoms with Gasteiger partial charge in [0, 0.05) is 37.7 Å². The fourth-order valence-electron chi connectivity index (χ4n) is 3.85. The maximum atomic E-state index is 13.8. The Hall–Kier alpha value is -2.96. The van der Waals surface area contributed by atoms with Gasteiger partial charge in [0.05, 0.1) is 5.92 Å². The smallest absolute Gasteiger partial charge is 0.317 e. The topological polar surface area (TPSA) is 61.4 Å². The molecule has 2 aromatic carbocycles. The molecule has 3 amide bonds. The molecular weight excluding hydrogens is 388 g/mol. The van der Waals surface area contributed by atoms with E-state index >= 15 is 0 Å². The van der Waals surface area contributed by atoms with Crippen molar-refractivity contribution >= 4 is 11.9 Å². The zero-order valence-electron chi connectivity index (χ0n) is 17.3. The summed E-state index contributed by atoms with van der Waals surface area (Å²) >= 11 is 0. The number of piperidine rings is 1. The van der Waals surface area contributed by atoms with E-state index < -0.39 is 5.92 Å². The maximum Gasteiger partial charge on any atom is 0.317 e. The quantitative estimate of drug-likeness (QED) is 0.782. The number of carbonyl (C=O) groups is 2. The Morgan fingerprint density at radius 2 is 1.83 bits per heavy atom. The molecule has 2 N–H and O–H groups in total. The van der Waals surface area contributed by atoms with E-state index in [4.69, 9.17) is 0 Å². The van der Waals surface area contributed by atoms with Crippen molar-refractivity contribution in [1.29, 1.82) is 0 Å². The molecule has 0 aromatic heterocycles. The minimum absolute atomic E-state index is 0.0868. The molecule has 1 aliphatic rings. The fourth-order valence-corrected chi connectivity index (χ4v) is 3.85. The minimum atomic E-state index is -0.441. The third-order valence-electron chi connectivity index (χ3n) is 5.50. The Morgan fingerprint density at radius 1 is 1.07 bits per heavy atom. The number of hydrogen-bond acceptors (Lipinski definition) is 2. The van der Waals surface area contributed by atoms with E-state index in [0.717, 1.165) is 5.56 Å². The molecule has 2 aromatic rings. The largest absolute Gasteiger partial charge is 0.352 e. The van der Waals surface area contributed by atoms with Crippen molar-refractivity contribution in [2.75, 3.05) is 19.6 Å². The van der Waals surface area contributed by atoms with E-state index in [9.17, 15) is 18.4 Å². The molecular formula is C23H27F2N3O2. The monoisotopic (exact) mass is 415 g/mol. The first kappa shape index (κ1) is 21.7. The summed E-state index contributed by atoms with van der Waals surface area (Å²) in [4.78, 5) is 26.9. The average molecular weight is 415 g/mol. The molecule has 30 heavy (non-hydrogen) atoms. The van der Waals surface area contributed by atoms with Crippen molar-refractivity contribution < 1.29 is 18.4 Å². The highest BCUT2D eigenvalue weighted by atomic mass is 19.1. The van der Waals surface area contributed by atoms with Gasteiger partial charge in [-0.15, -0.1) is 0 Å². The second-order valence-electron chi connectivity index (χ2n) is 7.69. The Labute approximate surface area is 175 Å². The highest BCUT2D eigenvalue weighted by Gasteiger charge is 2.34. The van der Waals surface area contributed by atoms with Crippen molar-refractivity contribution in [3.05, 3.63) is 70.8 Å². The van der Waals surface area contributed by atoms with Crippen molar-refractivity contribution in [1.82, 2.24) is 15.5 Å². The zero-order valence-corrected chi connectivity index (χ0v) is 17.3. The van der Waals surface area contributed by atoms with Crippen LogP contribution in [-0.2, 0) is 11.3 Å². The number of benzene rings is 2. The summed E-state index contributed by atoms with van der Waals surface area (Å²) in [5.41, 5.74) is 1.84. The van der Waals surface area contributed by atoms with Gasteiger partial charge >= 0.3 is 6.03 Å². The van der Waals surface area contributed by atoms with E-state index in [-0.39, 0.29) is 42.6 Å². The molecule has 160 valence electrons. The number of nitrogens with zero attached hydrogens (tertiary/aromatic N) is 1. The normalized spacial score (nSPS) is 18.7. The van der Waals surface area contributed by atoms with E-state index in [1.54, 1.807) is 42.2 Å². The van der Waals surface area contributed by atoms with Gasteiger partial charge < -0.3 is 15.5 Å². The average Bonchev–Trinajstić information content (AvgIpc) is 2.74. The first-order chi connectivity index (χ1) is 14.4. The summed E-state index contributed by atoms with van der Waals surface area (Å²) < 4.78 is 27.5. The SMILES string of the molecule is CCNC(=O)N1C[C@@H](C(=O)NCc2ccccc2F)C[C@H](c2ccc(F)c(C)c2)C1. The summed E-state index contributed by atoms with van der Waals surface area (Å²) in [7, 11) is 0. The number of nitrogens with one attached hydrogen (secondary N) is 2. The van der Waals surface area contributed by atoms with Gasteiger partial charge in [0.2, 0.25) is 5.91 Å². The molecule has 0 saturated carbocycles. The molecule has 7 heteroatoms. The van der Waals surface area contributed by atoms with Crippen molar-refractivity contribution in [2.45, 2.75) is 32.7 Å². The number of hydrogen-bond donors (Lipinski definition) is 2. The minimum Gasteiger partial charge on any atom is -0.352 e. The van der Waals surface area contributed by atoms with Crippen LogP contribution in [0.25, 0.3) is 0 Å². The Morgan fingerprint density at radius 3 is 2.53 bits per heavy atom. The van der Waals surface area contributed by atoms with Gasteiger partial charge in [0.25, 0.3) is 0 Å². The number of aryl methyl sites for hydroxylation is 1. The number of likely N-dealkylation sites (tertiary alicyclic amines) is 1. The highest BCUT2D eigenvalue weighted by Crippen LogP contribution is 2.31. The molecule has 1 heterocycles. The first-order valence-electron chi connectivity index (χ1n) is 10.2. The summed E-state index contributed by atoms with van der Waals surface area (Å²) in [5, 5.41) is 5.57. The van der Waals surface area contributed by atoms with Gasteiger partial charge in [-0.2, -0.15) is 0 Å². The summed E-state index contributed by atoms with van der Waals surface area (Å²) in [6.07, 6.45) is 0.532. The third-order valence-corrected chi connectivity index (χ3v) is 5.50. The van der Waals surface area contributed by atoms with Crippen molar-refractivity contribution in [3.63, 3.8) is 0 Å². The fraction of sp³-hybridized carbons (Fsp3) is 0.391. The van der Waals surface area contributed by atoms with Gasteiger partial charge in [-0.05, 0) is 43.5 Å². The van der Waals surface area contributed by atoms with Crippen LogP contribution >= 0.6 is 0 Å². The van der Waals surface area contributed by atoms with Crippen LogP contribution in [0.3, 0.4) is 0 Å². The van der Waals surface area contributed by atoms with Crippen LogP contribution in [0, 0.1) is 24.5 Å². The molecule has 0 bridgehead atoms. The summed E-state index contributed by atoms with van der Waals surface area (Å²) in [6, 6.07) is 11.0. The predicted molar refractivity (Wildman–Crippen MR) is 111 cm³/mol. The third kappa shape index (κ3) is 5.14. The Bertz CT molecular complexity index is 919. The first-order valence-corrected chi connectivity index (χ1v) is 10.2. The molecule has 5 nitrogen and oxygen atoms in total. The van der Waals surface area contributed by atoms with Crippen LogP contribution in [0.4, 0.5) is 13.6 Å². The lowest BCUT2D eigenvalue weighted by molar-refractivity contribution is -0.126. The molecule has 0 unspecified atom stereocenters. The van der Waals surface area contributed by atoms with Gasteiger partial charge in [-0.25, -0.2) is 13.6 Å². The van der Waals surface area contributed by atoms with Crippen molar-refractivity contribution in [3.8, 4) is 0 Å². The second-order valence-corrected chi connectivity index (χ2v) is 7.69. The van der Waals surface area contributed by atoms with Crippen molar-refractivity contribution in [2.24, 2.45) is 5.92 Å². The lowest BCUT2D eigenvalue weighted by Crippen LogP contribution is -2.51. The molecule has 0 radical (unpaired) electrons. The van der Waals surface area contributed by atoms with Gasteiger partial charge in [0.15, 0.2) is 0 Å². The summed E-state index contributed by atoms with van der Waals surface area (Å²) in [5.74, 6) is -1.41. The van der Waals surface area contributed by atoms with Crippen LogP contribution in [0.15, 0.2) is 42.5 Å². The van der Waals surface area contributed by atoms with E-state index in [1.807, 2.05) is 6.92 Å². The molecule has 1 fully saturated rings. The van der Waals surface area contributed by atoms with Crippen LogP contribution < -0.4 is 10.6 Å². The van der Waals surface area contributed by atoms with Gasteiger partial charge in [0.1, 0.15) is 11.6 Å². The van der Waals surface area contributed by atoms with Gasteiger partial charge in [-0.3, -0.25) is 4.79 Å². The van der Waals surface area contributed by atoms with Crippen LogP contribution in [0.2, 0.25) is 0 Å². The molecule has 1 aliphatic heterocycles. The van der Waals surface area contributed by atoms with Gasteiger partial charge in [-0.1, -0.05) is 30.3 Å². The summed E-state index contributed by atoms with van der Waals surface area (Å²) in [6.45, 7) is 4.84. The van der Waals surface area contributed by atoms with E-state index in [0.29, 0.717) is 30.6 Å². The molecule has 1 saturated heterocycles. The molecule has 3 rings (SSSR count). The number of rotatable bonds is 5. The highest BCUT2D eigenvalue weighted by molar-refractivity contribution is 5.81. The van der Waals surface area contributed by atoms with E-state index in [2.05, 4.69) is 10.6 Å². The Kier molecular flexibility index (Phi) is 7.03. The lowest BCUT2D eigenvalue weighted by atomic mass is 9.83. The van der Waals surface area contributed by atoms with Crippen LogP contribution in [0.1, 0.15) is 36.0 Å². The van der Waals surface area contributed by atoms with E-state index in [1.165, 1.54) is 12.1 Å². The van der Waals surface area contributed by atoms with Crippen LogP contribution in [0.5, 0.6) is 0 Å². The molecule has 0 spiro atoms. The maximum absolute atomic E-state index is 13.8. The standard InChI is InChI=1S/C23H27F2N3O2/c1-3-26-23(30)28-13-18(16-8-9-20(24)15(2)10-16)11-19(14-28)22(29)27-12-17-6-4-5-7-21(17)25/h4-10,18-19H,3,11-14H2,1-2H3,(H,26,30)(H,27,29)/t18-,19-/m0/s1.